The summed E-state index contributed by atoms with van der Waals surface area (Å²) in [4.78, 5) is 35.1. The van der Waals surface area contributed by atoms with Crippen molar-refractivity contribution in [2.75, 3.05) is 0 Å². The van der Waals surface area contributed by atoms with Crippen molar-refractivity contribution in [1.82, 2.24) is 9.13 Å². The Labute approximate surface area is 117 Å². The van der Waals surface area contributed by atoms with Gasteiger partial charge in [0.2, 0.25) is 0 Å². The molecule has 0 aliphatic heterocycles. The topological polar surface area (TPSA) is 61.1 Å². The summed E-state index contributed by atoms with van der Waals surface area (Å²) in [6.45, 7) is -0.142. The Balaban J connectivity index is 2.29. The molecule has 0 aliphatic carbocycles. The number of ketones is 1. The Morgan fingerprint density at radius 2 is 1.74 bits per heavy atom. The second kappa shape index (κ2) is 5.36. The van der Waals surface area contributed by atoms with Gasteiger partial charge in [0.25, 0.3) is 0 Å². The molecule has 0 fully saturated rings. The number of hydrogen-bond donors (Lipinski definition) is 0. The normalized spacial score (nSPS) is 10.4. The zero-order valence-electron chi connectivity index (χ0n) is 10.2. The Kier molecular flexibility index (Phi) is 3.80. The third-order valence-electron chi connectivity index (χ3n) is 2.71. The minimum atomic E-state index is -0.699. The summed E-state index contributed by atoms with van der Waals surface area (Å²) in [6.07, 6.45) is 2.89. The highest BCUT2D eigenvalue weighted by molar-refractivity contribution is 9.10. The average molecular weight is 323 g/mol. The lowest BCUT2D eigenvalue weighted by Crippen LogP contribution is -2.40. The van der Waals surface area contributed by atoms with E-state index in [0.717, 1.165) is 9.04 Å². The maximum Gasteiger partial charge on any atom is 0.316 e. The molecule has 98 valence electrons. The molecule has 0 spiro atoms. The van der Waals surface area contributed by atoms with E-state index in [2.05, 4.69) is 15.9 Å². The smallest absolute Gasteiger partial charge is 0.312 e. The molecule has 1 heterocycles. The zero-order valence-corrected chi connectivity index (χ0v) is 11.8. The van der Waals surface area contributed by atoms with Gasteiger partial charge in [-0.25, -0.2) is 0 Å². The second-order valence-electron chi connectivity index (χ2n) is 4.08. The fourth-order valence-corrected chi connectivity index (χ4v) is 1.86. The molecule has 19 heavy (non-hydrogen) atoms. The van der Waals surface area contributed by atoms with Crippen LogP contribution in [0.3, 0.4) is 0 Å². The fourth-order valence-electron chi connectivity index (χ4n) is 1.60. The Morgan fingerprint density at radius 3 is 2.37 bits per heavy atom. The van der Waals surface area contributed by atoms with Crippen molar-refractivity contribution in [3.05, 3.63) is 67.4 Å². The molecule has 0 atom stereocenters. The average Bonchev–Trinajstić information content (AvgIpc) is 2.40. The largest absolute Gasteiger partial charge is 0.316 e. The molecular formula is C13H11BrN2O3. The molecule has 2 rings (SSSR count). The first-order chi connectivity index (χ1) is 8.99. The Morgan fingerprint density at radius 1 is 1.11 bits per heavy atom. The Hall–Kier alpha value is -1.95. The molecule has 5 nitrogen and oxygen atoms in total. The summed E-state index contributed by atoms with van der Waals surface area (Å²) in [6, 6.07) is 6.83. The van der Waals surface area contributed by atoms with Gasteiger partial charge in [0.05, 0.1) is 6.54 Å². The van der Waals surface area contributed by atoms with Gasteiger partial charge in [-0.2, -0.15) is 0 Å². The van der Waals surface area contributed by atoms with E-state index in [1.165, 1.54) is 24.0 Å². The number of hydrogen-bond acceptors (Lipinski definition) is 3. The molecule has 6 heteroatoms. The van der Waals surface area contributed by atoms with Crippen LogP contribution in [-0.4, -0.2) is 14.9 Å². The van der Waals surface area contributed by atoms with E-state index in [-0.39, 0.29) is 12.3 Å². The van der Waals surface area contributed by atoms with Gasteiger partial charge in [0.1, 0.15) is 0 Å². The summed E-state index contributed by atoms with van der Waals surface area (Å²) in [5.74, 6) is -0.220. The fraction of sp³-hybridized carbons (Fsp3) is 0.154. The van der Waals surface area contributed by atoms with Gasteiger partial charge < -0.3 is 9.13 Å². The quantitative estimate of drug-likeness (QED) is 0.630. The number of carbonyl (C=O) groups excluding carboxylic acids is 1. The first-order valence-electron chi connectivity index (χ1n) is 5.54. The number of halogens is 1. The van der Waals surface area contributed by atoms with Gasteiger partial charge in [-0.3, -0.25) is 14.4 Å². The first-order valence-corrected chi connectivity index (χ1v) is 6.33. The predicted octanol–water partition coefficient (Wildman–Crippen LogP) is 1.19. The van der Waals surface area contributed by atoms with E-state index in [0.29, 0.717) is 5.56 Å². The molecule has 1 aromatic heterocycles. The van der Waals surface area contributed by atoms with Crippen LogP contribution in [0.2, 0.25) is 0 Å². The van der Waals surface area contributed by atoms with Crippen LogP contribution >= 0.6 is 15.9 Å². The summed E-state index contributed by atoms with van der Waals surface area (Å²) >= 11 is 3.28. The van der Waals surface area contributed by atoms with Crippen LogP contribution in [0.4, 0.5) is 0 Å². The van der Waals surface area contributed by atoms with Gasteiger partial charge in [0.15, 0.2) is 5.78 Å². The molecule has 0 saturated carbocycles. The third kappa shape index (κ3) is 2.90. The standard InChI is InChI=1S/C13H11BrN2O3/c1-15-6-7-16(13(19)12(15)18)8-11(17)9-2-4-10(14)5-3-9/h2-7H,8H2,1H3. The Bertz CT molecular complexity index is 729. The summed E-state index contributed by atoms with van der Waals surface area (Å²) in [7, 11) is 1.49. The first kappa shape index (κ1) is 13.5. The van der Waals surface area contributed by atoms with Crippen molar-refractivity contribution in [1.29, 1.82) is 0 Å². The third-order valence-corrected chi connectivity index (χ3v) is 3.24. The zero-order chi connectivity index (χ0) is 14.0. The van der Waals surface area contributed by atoms with Crippen molar-refractivity contribution in [2.45, 2.75) is 6.54 Å². The number of aromatic nitrogens is 2. The molecular weight excluding hydrogens is 312 g/mol. The highest BCUT2D eigenvalue weighted by Crippen LogP contribution is 2.11. The lowest BCUT2D eigenvalue weighted by Gasteiger charge is -2.05. The molecule has 2 aromatic rings. The van der Waals surface area contributed by atoms with Gasteiger partial charge in [0, 0.05) is 29.5 Å². The molecule has 0 unspecified atom stereocenters. The molecule has 0 bridgehead atoms. The number of rotatable bonds is 3. The van der Waals surface area contributed by atoms with Crippen LogP contribution in [-0.2, 0) is 13.6 Å². The number of carbonyl (C=O) groups is 1. The lowest BCUT2D eigenvalue weighted by molar-refractivity contribution is 0.0970. The van der Waals surface area contributed by atoms with Crippen molar-refractivity contribution in [3.8, 4) is 0 Å². The maximum absolute atomic E-state index is 12.0. The summed E-state index contributed by atoms with van der Waals surface area (Å²) in [5, 5.41) is 0. The van der Waals surface area contributed by atoms with E-state index in [1.807, 2.05) is 0 Å². The van der Waals surface area contributed by atoms with Crippen molar-refractivity contribution < 1.29 is 4.79 Å². The highest BCUT2D eigenvalue weighted by Gasteiger charge is 2.09. The van der Waals surface area contributed by atoms with E-state index in [4.69, 9.17) is 0 Å². The molecule has 0 aliphatic rings. The van der Waals surface area contributed by atoms with Crippen LogP contribution < -0.4 is 11.1 Å². The highest BCUT2D eigenvalue weighted by atomic mass is 79.9. The molecule has 0 saturated heterocycles. The number of nitrogens with zero attached hydrogens (tertiary/aromatic N) is 2. The SMILES string of the molecule is Cn1ccn(CC(=O)c2ccc(Br)cc2)c(=O)c1=O. The van der Waals surface area contributed by atoms with Crippen LogP contribution in [0, 0.1) is 0 Å². The second-order valence-corrected chi connectivity index (χ2v) is 4.99. The van der Waals surface area contributed by atoms with Crippen LogP contribution in [0.1, 0.15) is 10.4 Å². The minimum absolute atomic E-state index is 0.142. The number of aryl methyl sites for hydroxylation is 1. The van der Waals surface area contributed by atoms with Gasteiger partial charge in [-0.1, -0.05) is 28.1 Å². The van der Waals surface area contributed by atoms with Crippen LogP contribution in [0.25, 0.3) is 0 Å². The maximum atomic E-state index is 12.0. The molecule has 0 amide bonds. The summed E-state index contributed by atoms with van der Waals surface area (Å²) in [5.41, 5.74) is -0.850. The van der Waals surface area contributed by atoms with E-state index >= 15 is 0 Å². The van der Waals surface area contributed by atoms with Crippen LogP contribution in [0.15, 0.2) is 50.7 Å². The van der Waals surface area contributed by atoms with Crippen molar-refractivity contribution >= 4 is 21.7 Å². The summed E-state index contributed by atoms with van der Waals surface area (Å²) < 4.78 is 3.17. The van der Waals surface area contributed by atoms with Crippen LogP contribution in [0.5, 0.6) is 0 Å². The van der Waals surface area contributed by atoms with E-state index in [1.54, 1.807) is 24.3 Å². The van der Waals surface area contributed by atoms with Gasteiger partial charge in [-0.05, 0) is 12.1 Å². The lowest BCUT2D eigenvalue weighted by atomic mass is 10.1. The molecule has 1 aromatic carbocycles. The predicted molar refractivity (Wildman–Crippen MR) is 74.4 cm³/mol. The van der Waals surface area contributed by atoms with Gasteiger partial charge >= 0.3 is 11.1 Å². The van der Waals surface area contributed by atoms with Crippen molar-refractivity contribution in [3.63, 3.8) is 0 Å². The molecule has 0 radical (unpaired) electrons. The monoisotopic (exact) mass is 322 g/mol. The van der Waals surface area contributed by atoms with Gasteiger partial charge in [-0.15, -0.1) is 0 Å². The number of Topliss-reactive ketones (excluding diaryl/α,β-unsaturated/α-hetero) is 1. The minimum Gasteiger partial charge on any atom is -0.312 e. The van der Waals surface area contributed by atoms with E-state index < -0.39 is 11.1 Å². The van der Waals surface area contributed by atoms with Crippen molar-refractivity contribution in [2.24, 2.45) is 7.05 Å². The molecule has 0 N–H and O–H groups in total. The number of benzene rings is 1. The van der Waals surface area contributed by atoms with E-state index in [9.17, 15) is 14.4 Å².